The molecule has 0 bridgehead atoms. The second kappa shape index (κ2) is 16.1. The summed E-state index contributed by atoms with van der Waals surface area (Å²) >= 11 is 0. The van der Waals surface area contributed by atoms with Crippen LogP contribution in [0.25, 0.3) is 0 Å². The maximum atomic E-state index is 13.4. The van der Waals surface area contributed by atoms with Gasteiger partial charge >= 0.3 is 6.09 Å². The van der Waals surface area contributed by atoms with Crippen LogP contribution >= 0.6 is 0 Å². The summed E-state index contributed by atoms with van der Waals surface area (Å²) in [5.74, 6) is -1.64. The van der Waals surface area contributed by atoms with Crippen molar-refractivity contribution >= 4 is 23.8 Å². The molecule has 39 heavy (non-hydrogen) atoms. The van der Waals surface area contributed by atoms with E-state index in [9.17, 15) is 19.2 Å². The number of likely N-dealkylation sites (N-methyl/N-ethyl adjacent to an activating group) is 1. The molecule has 0 aliphatic carbocycles. The lowest BCUT2D eigenvalue weighted by Crippen LogP contribution is -2.58. The lowest BCUT2D eigenvalue weighted by Gasteiger charge is -2.26. The van der Waals surface area contributed by atoms with Crippen molar-refractivity contribution in [1.82, 2.24) is 21.0 Å². The fourth-order valence-corrected chi connectivity index (χ4v) is 3.74. The zero-order valence-corrected chi connectivity index (χ0v) is 22.9. The van der Waals surface area contributed by atoms with E-state index in [-0.39, 0.29) is 25.5 Å². The average molecular weight is 542 g/mol. The van der Waals surface area contributed by atoms with Gasteiger partial charge in [0.15, 0.2) is 0 Å². The second-order valence-electron chi connectivity index (χ2n) is 9.45. The van der Waals surface area contributed by atoms with Gasteiger partial charge in [-0.15, -0.1) is 0 Å². The van der Waals surface area contributed by atoms with Crippen LogP contribution in [-0.4, -0.2) is 67.7 Å². The van der Waals surface area contributed by atoms with Gasteiger partial charge in [-0.3, -0.25) is 19.2 Å². The summed E-state index contributed by atoms with van der Waals surface area (Å²) < 4.78 is 5.29. The van der Waals surface area contributed by atoms with Crippen LogP contribution in [0.4, 0.5) is 4.79 Å². The van der Waals surface area contributed by atoms with Crippen LogP contribution in [0.15, 0.2) is 60.7 Å². The first-order valence-corrected chi connectivity index (χ1v) is 12.8. The van der Waals surface area contributed by atoms with Gasteiger partial charge in [-0.1, -0.05) is 74.5 Å². The van der Waals surface area contributed by atoms with Crippen LogP contribution in [-0.2, 0) is 37.0 Å². The molecule has 0 heterocycles. The maximum Gasteiger partial charge on any atom is 0.408 e. The zero-order valence-electron chi connectivity index (χ0n) is 22.9. The van der Waals surface area contributed by atoms with Crippen molar-refractivity contribution in [2.75, 3.05) is 20.7 Å². The van der Waals surface area contributed by atoms with Gasteiger partial charge in [-0.05, 0) is 23.5 Å². The van der Waals surface area contributed by atoms with Crippen LogP contribution in [0.1, 0.15) is 31.4 Å². The van der Waals surface area contributed by atoms with Gasteiger partial charge in [0.05, 0.1) is 7.11 Å². The van der Waals surface area contributed by atoms with Crippen molar-refractivity contribution in [2.45, 2.75) is 51.4 Å². The molecule has 0 saturated carbocycles. The number of hydrogen-bond acceptors (Lipinski definition) is 7. The molecule has 0 fully saturated rings. The van der Waals surface area contributed by atoms with Gasteiger partial charge in [0.25, 0.3) is 5.91 Å². The quantitative estimate of drug-likeness (QED) is 0.265. The molecule has 0 aliphatic rings. The summed E-state index contributed by atoms with van der Waals surface area (Å²) in [4.78, 5) is 56.6. The minimum Gasteiger partial charge on any atom is -0.445 e. The summed E-state index contributed by atoms with van der Waals surface area (Å²) in [6.45, 7) is 3.70. The normalized spacial score (nSPS) is 13.1. The molecule has 0 radical (unpaired) electrons. The van der Waals surface area contributed by atoms with Gasteiger partial charge in [-0.25, -0.2) is 9.86 Å². The number of nitrogens with zero attached hydrogens (tertiary/aromatic N) is 1. The van der Waals surface area contributed by atoms with Crippen LogP contribution in [0, 0.1) is 5.92 Å². The summed E-state index contributed by atoms with van der Waals surface area (Å²) in [5.41, 5.74) is 7.33. The Kier molecular flexibility index (Phi) is 12.9. The second-order valence-corrected chi connectivity index (χ2v) is 9.45. The number of ether oxygens (including phenoxy) is 1. The van der Waals surface area contributed by atoms with E-state index >= 15 is 0 Å². The largest absolute Gasteiger partial charge is 0.445 e. The van der Waals surface area contributed by atoms with Crippen LogP contribution < -0.4 is 21.7 Å². The SMILES string of the molecule is CON(C)C(=O)[C@H](CN)NC(=O)[C@H](Cc1ccccc1)NC(=O)[C@H](CC(C)C)NC(=O)OCc1ccccc1. The Morgan fingerprint density at radius 3 is 1.90 bits per heavy atom. The van der Waals surface area contributed by atoms with Gasteiger partial charge in [0.1, 0.15) is 24.7 Å². The lowest BCUT2D eigenvalue weighted by atomic mass is 10.0. The third kappa shape index (κ3) is 10.7. The van der Waals surface area contributed by atoms with E-state index in [1.807, 2.05) is 74.5 Å². The average Bonchev–Trinajstić information content (AvgIpc) is 2.93. The van der Waals surface area contributed by atoms with Crippen molar-refractivity contribution in [3.63, 3.8) is 0 Å². The van der Waals surface area contributed by atoms with Gasteiger partial charge in [-0.2, -0.15) is 0 Å². The molecule has 11 nitrogen and oxygen atoms in total. The maximum absolute atomic E-state index is 13.4. The Morgan fingerprint density at radius 2 is 1.36 bits per heavy atom. The third-order valence-electron chi connectivity index (χ3n) is 5.88. The van der Waals surface area contributed by atoms with Crippen LogP contribution in [0.2, 0.25) is 0 Å². The fraction of sp³-hybridized carbons (Fsp3) is 0.429. The van der Waals surface area contributed by atoms with Gasteiger partial charge < -0.3 is 26.4 Å². The lowest BCUT2D eigenvalue weighted by molar-refractivity contribution is -0.171. The van der Waals surface area contributed by atoms with Crippen molar-refractivity contribution in [3.8, 4) is 0 Å². The Balaban J connectivity index is 2.16. The van der Waals surface area contributed by atoms with Gasteiger partial charge in [0, 0.05) is 20.0 Å². The third-order valence-corrected chi connectivity index (χ3v) is 5.88. The topological polar surface area (TPSA) is 152 Å². The monoisotopic (exact) mass is 541 g/mol. The molecule has 2 rings (SSSR count). The molecule has 0 aliphatic heterocycles. The van der Waals surface area contributed by atoms with Crippen LogP contribution in [0.5, 0.6) is 0 Å². The van der Waals surface area contributed by atoms with E-state index < -0.39 is 41.9 Å². The molecule has 212 valence electrons. The molecule has 2 aromatic carbocycles. The summed E-state index contributed by atoms with van der Waals surface area (Å²) in [6.07, 6.45) is -0.286. The number of nitrogens with two attached hydrogens (primary N) is 1. The number of alkyl carbamates (subject to hydrolysis) is 1. The summed E-state index contributed by atoms with van der Waals surface area (Å²) in [5, 5.41) is 8.93. The van der Waals surface area contributed by atoms with E-state index in [1.54, 1.807) is 0 Å². The Hall–Kier alpha value is -3.96. The minimum absolute atomic E-state index is 0.0478. The number of benzene rings is 2. The Labute approximate surface area is 229 Å². The molecule has 4 amide bonds. The number of amides is 4. The molecule has 0 aromatic heterocycles. The molecule has 0 spiro atoms. The number of nitrogens with one attached hydrogen (secondary N) is 3. The highest BCUT2D eigenvalue weighted by Crippen LogP contribution is 2.09. The van der Waals surface area contributed by atoms with E-state index in [1.165, 1.54) is 14.2 Å². The molecule has 11 heteroatoms. The van der Waals surface area contributed by atoms with Crippen LogP contribution in [0.3, 0.4) is 0 Å². The molecular formula is C28H39N5O6. The first-order valence-electron chi connectivity index (χ1n) is 12.8. The smallest absolute Gasteiger partial charge is 0.408 e. The first-order chi connectivity index (χ1) is 18.6. The van der Waals surface area contributed by atoms with Crippen molar-refractivity contribution < 1.29 is 28.8 Å². The van der Waals surface area contributed by atoms with E-state index in [2.05, 4.69) is 16.0 Å². The summed E-state index contributed by atoms with van der Waals surface area (Å²) in [6, 6.07) is 15.2. The zero-order chi connectivity index (χ0) is 28.8. The fourth-order valence-electron chi connectivity index (χ4n) is 3.74. The molecule has 2 aromatic rings. The minimum atomic E-state index is -1.06. The predicted octanol–water partition coefficient (Wildman–Crippen LogP) is 1.52. The van der Waals surface area contributed by atoms with Crippen molar-refractivity contribution in [3.05, 3.63) is 71.8 Å². The number of hydroxylamine groups is 2. The Morgan fingerprint density at radius 1 is 0.821 bits per heavy atom. The van der Waals surface area contributed by atoms with E-state index in [0.29, 0.717) is 6.42 Å². The van der Waals surface area contributed by atoms with E-state index in [0.717, 1.165) is 16.2 Å². The highest BCUT2D eigenvalue weighted by atomic mass is 16.7. The number of hydrogen-bond donors (Lipinski definition) is 4. The standard InChI is InChI=1S/C28H39N5O6/c1-19(2)15-22(32-28(37)39-18-21-13-9-6-10-14-21)25(34)30-23(16-20-11-7-5-8-12-20)26(35)31-24(17-29)27(36)33(3)38-4/h5-14,19,22-24H,15-18,29H2,1-4H3,(H,30,34)(H,31,35)(H,32,37)/t22-,23-,24-/m0/s1. The number of carbonyl (C=O) groups is 4. The number of carbonyl (C=O) groups excluding carboxylic acids is 4. The van der Waals surface area contributed by atoms with Crippen molar-refractivity contribution in [2.24, 2.45) is 11.7 Å². The predicted molar refractivity (Wildman–Crippen MR) is 146 cm³/mol. The Bertz CT molecular complexity index is 1070. The van der Waals surface area contributed by atoms with Gasteiger partial charge in [0.2, 0.25) is 11.8 Å². The first kappa shape index (κ1) is 31.3. The summed E-state index contributed by atoms with van der Waals surface area (Å²) in [7, 11) is 2.72. The molecular weight excluding hydrogens is 502 g/mol. The highest BCUT2D eigenvalue weighted by molar-refractivity contribution is 5.94. The molecule has 0 saturated heterocycles. The number of rotatable bonds is 14. The molecule has 0 unspecified atom stereocenters. The van der Waals surface area contributed by atoms with Crippen molar-refractivity contribution in [1.29, 1.82) is 0 Å². The molecule has 3 atom stereocenters. The van der Waals surface area contributed by atoms with E-state index in [4.69, 9.17) is 15.3 Å². The molecule has 5 N–H and O–H groups in total. The highest BCUT2D eigenvalue weighted by Gasteiger charge is 2.31.